The van der Waals surface area contributed by atoms with Crippen LogP contribution in [-0.4, -0.2) is 29.3 Å². The summed E-state index contributed by atoms with van der Waals surface area (Å²) in [5.74, 6) is -1.28. The zero-order chi connectivity index (χ0) is 10.7. The first-order chi connectivity index (χ1) is 5.71. The van der Waals surface area contributed by atoms with E-state index in [-0.39, 0.29) is 6.42 Å². The molecule has 78 valence electrons. The highest BCUT2D eigenvalue weighted by atomic mass is 19.4. The van der Waals surface area contributed by atoms with E-state index < -0.39 is 24.2 Å². The van der Waals surface area contributed by atoms with Gasteiger partial charge in [-0.05, 0) is 13.3 Å². The van der Waals surface area contributed by atoms with Crippen molar-refractivity contribution in [1.82, 2.24) is 5.32 Å². The quantitative estimate of drug-likeness (QED) is 0.719. The van der Waals surface area contributed by atoms with E-state index in [9.17, 15) is 18.0 Å². The average Bonchev–Trinajstić information content (AvgIpc) is 1.98. The highest BCUT2D eigenvalue weighted by Gasteiger charge is 2.36. The fourth-order valence-electron chi connectivity index (χ4n) is 0.647. The highest BCUT2D eigenvalue weighted by Crippen LogP contribution is 2.16. The summed E-state index contributed by atoms with van der Waals surface area (Å²) in [5.41, 5.74) is -1.50. The zero-order valence-electron chi connectivity index (χ0n) is 7.40. The molecule has 0 aliphatic heterocycles. The highest BCUT2D eigenvalue weighted by molar-refractivity contribution is 5.78. The second-order valence-electron chi connectivity index (χ2n) is 2.96. The Kier molecular flexibility index (Phi) is 3.71. The molecule has 2 N–H and O–H groups in total. The number of hydrogen-bond acceptors (Lipinski definition) is 2. The molecule has 0 spiro atoms. The first-order valence-electron chi connectivity index (χ1n) is 3.76. The van der Waals surface area contributed by atoms with Gasteiger partial charge in [-0.1, -0.05) is 6.92 Å². The minimum atomic E-state index is -4.38. The van der Waals surface area contributed by atoms with E-state index in [0.717, 1.165) is 0 Å². The van der Waals surface area contributed by atoms with Crippen molar-refractivity contribution < 1.29 is 23.1 Å². The lowest BCUT2D eigenvalue weighted by molar-refractivity contribution is -0.149. The van der Waals surface area contributed by atoms with E-state index in [1.54, 1.807) is 0 Å². The molecule has 0 fully saturated rings. The van der Waals surface area contributed by atoms with Gasteiger partial charge >= 0.3 is 12.1 Å². The van der Waals surface area contributed by atoms with Gasteiger partial charge < -0.3 is 5.11 Å². The molecule has 0 aliphatic rings. The number of carboxylic acids is 1. The van der Waals surface area contributed by atoms with E-state index in [1.165, 1.54) is 13.8 Å². The molecule has 0 saturated carbocycles. The Balaban J connectivity index is 4.22. The minimum Gasteiger partial charge on any atom is -0.480 e. The van der Waals surface area contributed by atoms with Crippen LogP contribution in [0.2, 0.25) is 0 Å². The Bertz CT molecular complexity index is 193. The van der Waals surface area contributed by atoms with Crippen LogP contribution in [-0.2, 0) is 4.79 Å². The third kappa shape index (κ3) is 4.12. The molecule has 0 aromatic rings. The molecule has 13 heavy (non-hydrogen) atoms. The molecule has 0 aromatic heterocycles. The second kappa shape index (κ2) is 3.95. The fraction of sp³-hybridized carbons (Fsp3) is 0.857. The van der Waals surface area contributed by atoms with Crippen molar-refractivity contribution in [2.75, 3.05) is 6.54 Å². The predicted octanol–water partition coefficient (Wildman–Crippen LogP) is 1.39. The maximum absolute atomic E-state index is 11.7. The number of nitrogens with one attached hydrogen (secondary N) is 1. The van der Waals surface area contributed by atoms with Gasteiger partial charge in [0, 0.05) is 0 Å². The predicted molar refractivity (Wildman–Crippen MR) is 40.4 cm³/mol. The summed E-state index contributed by atoms with van der Waals surface area (Å²) in [4.78, 5) is 10.5. The molecule has 0 amide bonds. The van der Waals surface area contributed by atoms with Gasteiger partial charge in [0.25, 0.3) is 0 Å². The smallest absolute Gasteiger partial charge is 0.401 e. The molecule has 0 aromatic carbocycles. The monoisotopic (exact) mass is 199 g/mol. The van der Waals surface area contributed by atoms with Crippen molar-refractivity contribution in [2.45, 2.75) is 32.0 Å². The lowest BCUT2D eigenvalue weighted by Crippen LogP contribution is -2.52. The van der Waals surface area contributed by atoms with Crippen molar-refractivity contribution in [3.05, 3.63) is 0 Å². The summed E-state index contributed by atoms with van der Waals surface area (Å²) in [6.45, 7) is 1.45. The van der Waals surface area contributed by atoms with Gasteiger partial charge in [-0.2, -0.15) is 13.2 Å². The van der Waals surface area contributed by atoms with Crippen LogP contribution in [0.5, 0.6) is 0 Å². The summed E-state index contributed by atoms with van der Waals surface area (Å²) >= 11 is 0. The van der Waals surface area contributed by atoms with Gasteiger partial charge in [-0.3, -0.25) is 10.1 Å². The molecule has 0 rings (SSSR count). The number of hydrogen-bond donors (Lipinski definition) is 2. The van der Waals surface area contributed by atoms with Crippen molar-refractivity contribution in [2.24, 2.45) is 0 Å². The maximum atomic E-state index is 11.7. The van der Waals surface area contributed by atoms with Gasteiger partial charge in [0.15, 0.2) is 0 Å². The van der Waals surface area contributed by atoms with Crippen LogP contribution in [0.4, 0.5) is 13.2 Å². The van der Waals surface area contributed by atoms with E-state index in [4.69, 9.17) is 5.11 Å². The SMILES string of the molecule is CCC(C)(NCC(F)(F)F)C(=O)O. The molecule has 0 bridgehead atoms. The van der Waals surface area contributed by atoms with Gasteiger partial charge in [0.1, 0.15) is 5.54 Å². The average molecular weight is 199 g/mol. The molecular formula is C7H12F3NO2. The third-order valence-corrected chi connectivity index (χ3v) is 1.86. The van der Waals surface area contributed by atoms with Gasteiger partial charge in [-0.15, -0.1) is 0 Å². The molecule has 1 atom stereocenters. The summed E-state index contributed by atoms with van der Waals surface area (Å²) in [7, 11) is 0. The van der Waals surface area contributed by atoms with Crippen LogP contribution < -0.4 is 5.32 Å². The second-order valence-corrected chi connectivity index (χ2v) is 2.96. The topological polar surface area (TPSA) is 49.3 Å². The van der Waals surface area contributed by atoms with Crippen LogP contribution in [0.25, 0.3) is 0 Å². The van der Waals surface area contributed by atoms with Crippen molar-refractivity contribution in [3.8, 4) is 0 Å². The molecule has 1 unspecified atom stereocenters. The molecule has 0 heterocycles. The molecule has 0 aliphatic carbocycles. The lowest BCUT2D eigenvalue weighted by Gasteiger charge is -2.25. The standard InChI is InChI=1S/C7H12F3NO2/c1-3-6(2,5(12)13)11-4-7(8,9)10/h11H,3-4H2,1-2H3,(H,12,13). The number of carboxylic acid groups (broad SMARTS) is 1. The number of alkyl halides is 3. The Morgan fingerprint density at radius 2 is 1.92 bits per heavy atom. The molecule has 0 radical (unpaired) electrons. The van der Waals surface area contributed by atoms with Crippen LogP contribution in [0.15, 0.2) is 0 Å². The van der Waals surface area contributed by atoms with E-state index in [2.05, 4.69) is 0 Å². The summed E-state index contributed by atoms with van der Waals surface area (Å²) < 4.78 is 35.2. The van der Waals surface area contributed by atoms with Crippen LogP contribution in [0.1, 0.15) is 20.3 Å². The van der Waals surface area contributed by atoms with Crippen LogP contribution in [0.3, 0.4) is 0 Å². The van der Waals surface area contributed by atoms with Crippen molar-refractivity contribution in [3.63, 3.8) is 0 Å². The normalized spacial score (nSPS) is 16.7. The van der Waals surface area contributed by atoms with Crippen LogP contribution in [0, 0.1) is 0 Å². The number of halogens is 3. The van der Waals surface area contributed by atoms with Crippen molar-refractivity contribution in [1.29, 1.82) is 0 Å². The Labute approximate surface area is 73.9 Å². The molecule has 6 heteroatoms. The van der Waals surface area contributed by atoms with Crippen molar-refractivity contribution >= 4 is 5.97 Å². The number of aliphatic carboxylic acids is 1. The maximum Gasteiger partial charge on any atom is 0.401 e. The molecular weight excluding hydrogens is 187 g/mol. The Hall–Kier alpha value is -0.780. The first kappa shape index (κ1) is 12.2. The Morgan fingerprint density at radius 1 is 1.46 bits per heavy atom. The zero-order valence-corrected chi connectivity index (χ0v) is 7.40. The van der Waals surface area contributed by atoms with E-state index >= 15 is 0 Å². The fourth-order valence-corrected chi connectivity index (χ4v) is 0.647. The summed E-state index contributed by atoms with van der Waals surface area (Å²) in [6.07, 6.45) is -4.29. The summed E-state index contributed by atoms with van der Waals surface area (Å²) in [6, 6.07) is 0. The molecule has 3 nitrogen and oxygen atoms in total. The molecule has 0 saturated heterocycles. The minimum absolute atomic E-state index is 0.0956. The van der Waals surface area contributed by atoms with Crippen LogP contribution >= 0.6 is 0 Å². The van der Waals surface area contributed by atoms with E-state index in [0.29, 0.717) is 0 Å². The summed E-state index contributed by atoms with van der Waals surface area (Å²) in [5, 5.41) is 10.6. The Morgan fingerprint density at radius 3 is 2.15 bits per heavy atom. The third-order valence-electron chi connectivity index (χ3n) is 1.86. The van der Waals surface area contributed by atoms with Gasteiger partial charge in [0.2, 0.25) is 0 Å². The number of rotatable bonds is 4. The largest absolute Gasteiger partial charge is 0.480 e. The van der Waals surface area contributed by atoms with E-state index in [1.807, 2.05) is 5.32 Å². The van der Waals surface area contributed by atoms with Gasteiger partial charge in [-0.25, -0.2) is 0 Å². The lowest BCUT2D eigenvalue weighted by atomic mass is 9.99. The van der Waals surface area contributed by atoms with Gasteiger partial charge in [0.05, 0.1) is 6.54 Å². The number of carbonyl (C=O) groups is 1. The first-order valence-corrected chi connectivity index (χ1v) is 3.76.